The van der Waals surface area contributed by atoms with Crippen LogP contribution in [-0.2, 0) is 20.7 Å². The lowest BCUT2D eigenvalue weighted by atomic mass is 9.94. The number of amides is 1. The Hall–Kier alpha value is -1.88. The van der Waals surface area contributed by atoms with E-state index in [1.54, 1.807) is 0 Å². The van der Waals surface area contributed by atoms with Gasteiger partial charge < -0.3 is 15.2 Å². The van der Waals surface area contributed by atoms with Gasteiger partial charge in [0.25, 0.3) is 5.91 Å². The molecule has 2 rings (SSSR count). The van der Waals surface area contributed by atoms with Crippen LogP contribution < -0.4 is 5.32 Å². The van der Waals surface area contributed by atoms with Gasteiger partial charge in [0.05, 0.1) is 6.61 Å². The van der Waals surface area contributed by atoms with Gasteiger partial charge in [-0.1, -0.05) is 24.3 Å². The molecule has 0 aromatic heterocycles. The van der Waals surface area contributed by atoms with Crippen molar-refractivity contribution in [1.29, 1.82) is 0 Å². The number of carboxylic acid groups (broad SMARTS) is 1. The smallest absolute Gasteiger partial charge is 0.303 e. The van der Waals surface area contributed by atoms with Gasteiger partial charge in [-0.15, -0.1) is 0 Å². The third-order valence-electron chi connectivity index (χ3n) is 3.66. The number of carbonyl (C=O) groups excluding carboxylic acids is 1. The van der Waals surface area contributed by atoms with E-state index >= 15 is 0 Å². The molecule has 0 saturated heterocycles. The summed E-state index contributed by atoms with van der Waals surface area (Å²) in [5.41, 5.74) is 1.45. The maximum absolute atomic E-state index is 12.4. The first kappa shape index (κ1) is 15.5. The Bertz CT molecular complexity index is 539. The summed E-state index contributed by atoms with van der Waals surface area (Å²) < 4.78 is 5.61. The molecule has 0 radical (unpaired) electrons. The zero-order valence-corrected chi connectivity index (χ0v) is 12.4. The van der Waals surface area contributed by atoms with Crippen molar-refractivity contribution in [2.45, 2.75) is 44.8 Å². The van der Waals surface area contributed by atoms with Crippen molar-refractivity contribution < 1.29 is 19.4 Å². The Morgan fingerprint density at radius 1 is 1.38 bits per heavy atom. The highest BCUT2D eigenvalue weighted by Crippen LogP contribution is 2.27. The van der Waals surface area contributed by atoms with E-state index in [1.807, 2.05) is 38.1 Å². The zero-order chi connectivity index (χ0) is 15.5. The number of hydrogen-bond donors (Lipinski definition) is 2. The summed E-state index contributed by atoms with van der Waals surface area (Å²) in [6.45, 7) is 4.16. The Balaban J connectivity index is 2.06. The molecule has 0 aliphatic carbocycles. The van der Waals surface area contributed by atoms with Crippen LogP contribution in [0.25, 0.3) is 0 Å². The molecule has 0 saturated carbocycles. The normalized spacial score (nSPS) is 17.9. The summed E-state index contributed by atoms with van der Waals surface area (Å²) in [7, 11) is 0. The molecule has 1 aliphatic heterocycles. The molecule has 0 spiro atoms. The molecule has 114 valence electrons. The summed E-state index contributed by atoms with van der Waals surface area (Å²) in [6, 6.07) is 7.76. The lowest BCUT2D eigenvalue weighted by Crippen LogP contribution is -2.47. The summed E-state index contributed by atoms with van der Waals surface area (Å²) in [5, 5.41) is 11.6. The van der Waals surface area contributed by atoms with Gasteiger partial charge in [0, 0.05) is 12.0 Å². The molecular formula is C16H21NO4. The molecule has 2 N–H and O–H groups in total. The number of ether oxygens (including phenoxy) is 1. The topological polar surface area (TPSA) is 75.6 Å². The first-order valence-electron chi connectivity index (χ1n) is 7.12. The van der Waals surface area contributed by atoms with Gasteiger partial charge >= 0.3 is 5.97 Å². The fourth-order valence-electron chi connectivity index (χ4n) is 2.49. The molecule has 1 aliphatic rings. The van der Waals surface area contributed by atoms with E-state index in [9.17, 15) is 9.59 Å². The molecule has 1 atom stereocenters. The highest BCUT2D eigenvalue weighted by atomic mass is 16.5. The van der Waals surface area contributed by atoms with Crippen molar-refractivity contribution in [3.8, 4) is 0 Å². The molecule has 1 aromatic rings. The minimum atomic E-state index is -0.864. The lowest BCUT2D eigenvalue weighted by molar-refractivity contribution is -0.139. The van der Waals surface area contributed by atoms with Crippen LogP contribution in [0, 0.1) is 0 Å². The second-order valence-electron chi connectivity index (χ2n) is 5.97. The standard InChI is InChI=1S/C16H21NO4/c1-16(2,9-7-13(18)19)17-15(20)14-12-6-4-3-5-11(12)8-10-21-14/h3-6,14H,7-10H2,1-2H3,(H,17,20)(H,18,19). The van der Waals surface area contributed by atoms with Crippen LogP contribution in [0.5, 0.6) is 0 Å². The molecule has 1 unspecified atom stereocenters. The summed E-state index contributed by atoms with van der Waals surface area (Å²) in [6.07, 6.45) is 0.597. The lowest BCUT2D eigenvalue weighted by Gasteiger charge is -2.31. The predicted octanol–water partition coefficient (Wildman–Crippen LogP) is 2.06. The molecule has 21 heavy (non-hydrogen) atoms. The van der Waals surface area contributed by atoms with Gasteiger partial charge in [0.15, 0.2) is 6.10 Å². The number of aliphatic carboxylic acids is 1. The fraction of sp³-hybridized carbons (Fsp3) is 0.500. The van der Waals surface area contributed by atoms with E-state index in [4.69, 9.17) is 9.84 Å². The summed E-state index contributed by atoms with van der Waals surface area (Å²) >= 11 is 0. The molecule has 5 heteroatoms. The summed E-state index contributed by atoms with van der Waals surface area (Å²) in [5.74, 6) is -1.07. The highest BCUT2D eigenvalue weighted by Gasteiger charge is 2.31. The first-order valence-corrected chi connectivity index (χ1v) is 7.12. The van der Waals surface area contributed by atoms with Crippen LogP contribution in [0.3, 0.4) is 0 Å². The minimum Gasteiger partial charge on any atom is -0.481 e. The van der Waals surface area contributed by atoms with Gasteiger partial charge in [-0.3, -0.25) is 9.59 Å². The van der Waals surface area contributed by atoms with E-state index in [1.165, 1.54) is 0 Å². The van der Waals surface area contributed by atoms with Gasteiger partial charge in [0.2, 0.25) is 0 Å². The van der Waals surface area contributed by atoms with Gasteiger partial charge in [0.1, 0.15) is 0 Å². The maximum Gasteiger partial charge on any atom is 0.303 e. The van der Waals surface area contributed by atoms with Crippen molar-refractivity contribution in [1.82, 2.24) is 5.32 Å². The Kier molecular flexibility index (Phi) is 4.63. The fourth-order valence-corrected chi connectivity index (χ4v) is 2.49. The van der Waals surface area contributed by atoms with Crippen molar-refractivity contribution in [2.24, 2.45) is 0 Å². The first-order chi connectivity index (χ1) is 9.89. The second-order valence-corrected chi connectivity index (χ2v) is 5.97. The van der Waals surface area contributed by atoms with Crippen LogP contribution in [-0.4, -0.2) is 29.1 Å². The third-order valence-corrected chi connectivity index (χ3v) is 3.66. The largest absolute Gasteiger partial charge is 0.481 e. The second kappa shape index (κ2) is 6.26. The number of fused-ring (bicyclic) bond motifs is 1. The van der Waals surface area contributed by atoms with E-state index in [-0.39, 0.29) is 12.3 Å². The molecular weight excluding hydrogens is 270 g/mol. The number of rotatable bonds is 5. The monoisotopic (exact) mass is 291 g/mol. The Morgan fingerprint density at radius 2 is 2.10 bits per heavy atom. The maximum atomic E-state index is 12.4. The molecule has 1 aromatic carbocycles. The predicted molar refractivity (Wildman–Crippen MR) is 77.9 cm³/mol. The van der Waals surface area contributed by atoms with Crippen LogP contribution >= 0.6 is 0 Å². The summed E-state index contributed by atoms with van der Waals surface area (Å²) in [4.78, 5) is 23.1. The minimum absolute atomic E-state index is 0.0232. The van der Waals surface area contributed by atoms with Gasteiger partial charge in [-0.2, -0.15) is 0 Å². The molecule has 0 bridgehead atoms. The highest BCUT2D eigenvalue weighted by molar-refractivity contribution is 5.83. The average molecular weight is 291 g/mol. The van der Waals surface area contributed by atoms with E-state index in [2.05, 4.69) is 5.32 Å². The molecule has 5 nitrogen and oxygen atoms in total. The van der Waals surface area contributed by atoms with E-state index in [0.717, 1.165) is 17.5 Å². The Morgan fingerprint density at radius 3 is 2.81 bits per heavy atom. The molecule has 0 fully saturated rings. The van der Waals surface area contributed by atoms with Crippen molar-refractivity contribution >= 4 is 11.9 Å². The van der Waals surface area contributed by atoms with Crippen molar-refractivity contribution in [3.63, 3.8) is 0 Å². The zero-order valence-electron chi connectivity index (χ0n) is 12.4. The van der Waals surface area contributed by atoms with Crippen molar-refractivity contribution in [2.75, 3.05) is 6.61 Å². The number of nitrogens with one attached hydrogen (secondary N) is 1. The van der Waals surface area contributed by atoms with Gasteiger partial charge in [-0.25, -0.2) is 0 Å². The number of benzene rings is 1. The number of carbonyl (C=O) groups is 2. The number of carboxylic acids is 1. The third kappa shape index (κ3) is 4.04. The van der Waals surface area contributed by atoms with Crippen LogP contribution in [0.15, 0.2) is 24.3 Å². The molecule has 1 amide bonds. The average Bonchev–Trinajstić information content (AvgIpc) is 2.44. The SMILES string of the molecule is CC(C)(CCC(=O)O)NC(=O)C1OCCc2ccccc21. The quantitative estimate of drug-likeness (QED) is 0.870. The van der Waals surface area contributed by atoms with Crippen LogP contribution in [0.2, 0.25) is 0 Å². The van der Waals surface area contributed by atoms with E-state index in [0.29, 0.717) is 13.0 Å². The van der Waals surface area contributed by atoms with Crippen molar-refractivity contribution in [3.05, 3.63) is 35.4 Å². The van der Waals surface area contributed by atoms with Crippen LogP contribution in [0.1, 0.15) is 43.9 Å². The van der Waals surface area contributed by atoms with E-state index < -0.39 is 17.6 Å². The molecule has 1 heterocycles. The van der Waals surface area contributed by atoms with Gasteiger partial charge in [-0.05, 0) is 37.8 Å². The van der Waals surface area contributed by atoms with Crippen LogP contribution in [0.4, 0.5) is 0 Å². The Labute approximate surface area is 124 Å². The number of hydrogen-bond acceptors (Lipinski definition) is 3.